The van der Waals surface area contributed by atoms with Crippen LogP contribution in [0.1, 0.15) is 13.3 Å². The van der Waals surface area contributed by atoms with E-state index in [1.165, 1.54) is 0 Å². The quantitative estimate of drug-likeness (QED) is 0.795. The molecule has 2 N–H and O–H groups in total. The van der Waals surface area contributed by atoms with Crippen molar-refractivity contribution >= 4 is 27.7 Å². The molecule has 0 aliphatic carbocycles. The molecule has 1 aromatic heterocycles. The molecule has 0 spiro atoms. The van der Waals surface area contributed by atoms with Gasteiger partial charge in [-0.3, -0.25) is 15.6 Å². The number of aromatic nitrogens is 1. The van der Waals surface area contributed by atoms with Crippen LogP contribution in [-0.2, 0) is 4.79 Å². The third-order valence-corrected chi connectivity index (χ3v) is 1.87. The van der Waals surface area contributed by atoms with Gasteiger partial charge in [0.05, 0.1) is 0 Å². The molecule has 0 aliphatic heterocycles. The molecule has 1 amide bonds. The highest BCUT2D eigenvalue weighted by molar-refractivity contribution is 9.10. The first-order chi connectivity index (χ1) is 6.22. The number of rotatable bonds is 3. The SMILES string of the molecule is CCC(=O)NNc1cc(Br)ccn1. The van der Waals surface area contributed by atoms with Crippen LogP contribution in [0.25, 0.3) is 0 Å². The van der Waals surface area contributed by atoms with Crippen LogP contribution in [-0.4, -0.2) is 10.9 Å². The van der Waals surface area contributed by atoms with Gasteiger partial charge in [0.15, 0.2) is 0 Å². The summed E-state index contributed by atoms with van der Waals surface area (Å²) in [6.07, 6.45) is 2.09. The van der Waals surface area contributed by atoms with E-state index in [-0.39, 0.29) is 5.91 Å². The van der Waals surface area contributed by atoms with Gasteiger partial charge in [-0.1, -0.05) is 22.9 Å². The fourth-order valence-corrected chi connectivity index (χ4v) is 1.03. The van der Waals surface area contributed by atoms with Crippen LogP contribution in [0.5, 0.6) is 0 Å². The van der Waals surface area contributed by atoms with Gasteiger partial charge in [-0.05, 0) is 12.1 Å². The standard InChI is InChI=1S/C8H10BrN3O/c1-2-8(13)12-11-7-5-6(9)3-4-10-7/h3-5H,2H2,1H3,(H,10,11)(H,12,13). The Bertz CT molecular complexity index is 303. The zero-order valence-corrected chi connectivity index (χ0v) is 8.76. The molecule has 0 fully saturated rings. The van der Waals surface area contributed by atoms with Gasteiger partial charge in [-0.2, -0.15) is 0 Å². The van der Waals surface area contributed by atoms with Crippen molar-refractivity contribution in [3.8, 4) is 0 Å². The van der Waals surface area contributed by atoms with E-state index in [9.17, 15) is 4.79 Å². The Morgan fingerprint density at radius 2 is 2.46 bits per heavy atom. The molecule has 5 heteroatoms. The molecule has 0 saturated carbocycles. The second kappa shape index (κ2) is 4.81. The lowest BCUT2D eigenvalue weighted by Crippen LogP contribution is -2.28. The first kappa shape index (κ1) is 9.98. The van der Waals surface area contributed by atoms with Crippen molar-refractivity contribution in [2.24, 2.45) is 0 Å². The summed E-state index contributed by atoms with van der Waals surface area (Å²) in [5.74, 6) is 0.540. The maximum Gasteiger partial charge on any atom is 0.238 e. The zero-order valence-electron chi connectivity index (χ0n) is 7.17. The summed E-state index contributed by atoms with van der Waals surface area (Å²) < 4.78 is 0.913. The Morgan fingerprint density at radius 1 is 1.69 bits per heavy atom. The van der Waals surface area contributed by atoms with Crippen LogP contribution in [0.4, 0.5) is 5.82 Å². The fraction of sp³-hybridized carbons (Fsp3) is 0.250. The summed E-state index contributed by atoms with van der Waals surface area (Å²) in [7, 11) is 0. The Kier molecular flexibility index (Phi) is 3.70. The first-order valence-electron chi connectivity index (χ1n) is 3.88. The molecule has 0 aromatic carbocycles. The molecule has 1 heterocycles. The van der Waals surface area contributed by atoms with Gasteiger partial charge in [0.25, 0.3) is 0 Å². The molecule has 70 valence electrons. The molecule has 0 saturated heterocycles. The average molecular weight is 244 g/mol. The number of pyridine rings is 1. The molecule has 0 atom stereocenters. The summed E-state index contributed by atoms with van der Waals surface area (Å²) in [5, 5.41) is 0. The number of carbonyl (C=O) groups is 1. The van der Waals surface area contributed by atoms with Gasteiger partial charge in [-0.15, -0.1) is 0 Å². The summed E-state index contributed by atoms with van der Waals surface area (Å²) in [5.41, 5.74) is 5.20. The monoisotopic (exact) mass is 243 g/mol. The van der Waals surface area contributed by atoms with Crippen molar-refractivity contribution in [2.75, 3.05) is 5.43 Å². The summed E-state index contributed by atoms with van der Waals surface area (Å²) in [4.78, 5) is 14.8. The number of hydrogen-bond acceptors (Lipinski definition) is 3. The van der Waals surface area contributed by atoms with E-state index < -0.39 is 0 Å². The molecule has 0 bridgehead atoms. The van der Waals surface area contributed by atoms with Crippen molar-refractivity contribution in [2.45, 2.75) is 13.3 Å². The number of nitrogens with zero attached hydrogens (tertiary/aromatic N) is 1. The third-order valence-electron chi connectivity index (χ3n) is 1.37. The number of amides is 1. The second-order valence-corrected chi connectivity index (χ2v) is 3.30. The van der Waals surface area contributed by atoms with Gasteiger partial charge in [-0.25, -0.2) is 4.98 Å². The van der Waals surface area contributed by atoms with Gasteiger partial charge in [0.2, 0.25) is 5.91 Å². The summed E-state index contributed by atoms with van der Waals surface area (Å²) in [6.45, 7) is 1.78. The zero-order chi connectivity index (χ0) is 9.68. The lowest BCUT2D eigenvalue weighted by atomic mass is 10.4. The molecule has 0 unspecified atom stereocenters. The van der Waals surface area contributed by atoms with Crippen molar-refractivity contribution in [3.05, 3.63) is 22.8 Å². The topological polar surface area (TPSA) is 54.0 Å². The van der Waals surface area contributed by atoms with Crippen molar-refractivity contribution in [3.63, 3.8) is 0 Å². The Hall–Kier alpha value is -1.10. The Labute approximate surface area is 84.8 Å². The van der Waals surface area contributed by atoms with Crippen molar-refractivity contribution in [1.29, 1.82) is 0 Å². The van der Waals surface area contributed by atoms with E-state index in [0.29, 0.717) is 12.2 Å². The van der Waals surface area contributed by atoms with Crippen LogP contribution < -0.4 is 10.9 Å². The van der Waals surface area contributed by atoms with Crippen LogP contribution >= 0.6 is 15.9 Å². The normalized spacial score (nSPS) is 9.38. The Morgan fingerprint density at radius 3 is 3.08 bits per heavy atom. The molecular weight excluding hydrogens is 234 g/mol. The van der Waals surface area contributed by atoms with E-state index in [4.69, 9.17) is 0 Å². The van der Waals surface area contributed by atoms with Gasteiger partial charge < -0.3 is 0 Å². The van der Waals surface area contributed by atoms with E-state index in [1.54, 1.807) is 19.2 Å². The van der Waals surface area contributed by atoms with E-state index in [0.717, 1.165) is 4.47 Å². The first-order valence-corrected chi connectivity index (χ1v) is 4.68. The van der Waals surface area contributed by atoms with Crippen LogP contribution in [0.15, 0.2) is 22.8 Å². The van der Waals surface area contributed by atoms with Gasteiger partial charge in [0.1, 0.15) is 5.82 Å². The molecule has 4 nitrogen and oxygen atoms in total. The van der Waals surface area contributed by atoms with Crippen LogP contribution in [0.2, 0.25) is 0 Å². The highest BCUT2D eigenvalue weighted by Gasteiger charge is 1.96. The van der Waals surface area contributed by atoms with Crippen molar-refractivity contribution < 1.29 is 4.79 Å². The molecule has 0 radical (unpaired) electrons. The smallest absolute Gasteiger partial charge is 0.238 e. The maximum atomic E-state index is 10.9. The highest BCUT2D eigenvalue weighted by Crippen LogP contribution is 2.11. The lowest BCUT2D eigenvalue weighted by molar-refractivity contribution is -0.120. The minimum absolute atomic E-state index is 0.0678. The highest BCUT2D eigenvalue weighted by atomic mass is 79.9. The number of hydrazine groups is 1. The maximum absolute atomic E-state index is 10.9. The average Bonchev–Trinajstić information content (AvgIpc) is 2.14. The van der Waals surface area contributed by atoms with Gasteiger partial charge >= 0.3 is 0 Å². The van der Waals surface area contributed by atoms with Crippen molar-refractivity contribution in [1.82, 2.24) is 10.4 Å². The third kappa shape index (κ3) is 3.42. The van der Waals surface area contributed by atoms with E-state index >= 15 is 0 Å². The molecule has 0 aliphatic rings. The predicted molar refractivity (Wildman–Crippen MR) is 54.0 cm³/mol. The molecule has 13 heavy (non-hydrogen) atoms. The number of hydrogen-bond donors (Lipinski definition) is 2. The largest absolute Gasteiger partial charge is 0.282 e. The van der Waals surface area contributed by atoms with Crippen LogP contribution in [0.3, 0.4) is 0 Å². The van der Waals surface area contributed by atoms with Crippen LogP contribution in [0, 0.1) is 0 Å². The van der Waals surface area contributed by atoms with E-state index in [1.807, 2.05) is 6.07 Å². The fourth-order valence-electron chi connectivity index (χ4n) is 0.695. The van der Waals surface area contributed by atoms with Gasteiger partial charge in [0, 0.05) is 17.1 Å². The number of anilines is 1. The predicted octanol–water partition coefficient (Wildman–Crippen LogP) is 1.70. The van der Waals surface area contributed by atoms with E-state index in [2.05, 4.69) is 31.8 Å². The minimum atomic E-state index is -0.0678. The lowest BCUT2D eigenvalue weighted by Gasteiger charge is -2.05. The molecule has 1 rings (SSSR count). The molecule has 1 aromatic rings. The number of carbonyl (C=O) groups excluding carboxylic acids is 1. The minimum Gasteiger partial charge on any atom is -0.282 e. The number of nitrogens with one attached hydrogen (secondary N) is 2. The summed E-state index contributed by atoms with van der Waals surface area (Å²) in [6, 6.07) is 3.59. The summed E-state index contributed by atoms with van der Waals surface area (Å²) >= 11 is 3.29. The molecular formula is C8H10BrN3O. The Balaban J connectivity index is 2.50. The number of halogens is 1. The second-order valence-electron chi connectivity index (χ2n) is 2.39.